The molecule has 0 aromatic heterocycles. The van der Waals surface area contributed by atoms with Crippen molar-refractivity contribution in [1.29, 1.82) is 0 Å². The van der Waals surface area contributed by atoms with Crippen LogP contribution >= 0.6 is 0 Å². The lowest BCUT2D eigenvalue weighted by atomic mass is 10.1. The van der Waals surface area contributed by atoms with Gasteiger partial charge in [0.2, 0.25) is 5.91 Å². The summed E-state index contributed by atoms with van der Waals surface area (Å²) in [7, 11) is 0. The molecule has 0 unspecified atom stereocenters. The van der Waals surface area contributed by atoms with Crippen LogP contribution in [-0.4, -0.2) is 30.9 Å². The molecule has 0 spiro atoms. The van der Waals surface area contributed by atoms with Gasteiger partial charge in [-0.25, -0.2) is 4.79 Å². The van der Waals surface area contributed by atoms with E-state index in [0.29, 0.717) is 30.9 Å². The Hall–Kier alpha value is -4.13. The van der Waals surface area contributed by atoms with Gasteiger partial charge in [0.1, 0.15) is 0 Å². The minimum atomic E-state index is -0.335. The van der Waals surface area contributed by atoms with E-state index in [4.69, 9.17) is 0 Å². The Morgan fingerprint density at radius 3 is 2.03 bits per heavy atom. The van der Waals surface area contributed by atoms with Crippen LogP contribution < -0.4 is 20.9 Å². The molecule has 7 nitrogen and oxygen atoms in total. The van der Waals surface area contributed by atoms with Gasteiger partial charge in [0.05, 0.1) is 6.42 Å². The maximum Gasteiger partial charge on any atom is 0.319 e. The molecule has 7 heteroatoms. The summed E-state index contributed by atoms with van der Waals surface area (Å²) < 4.78 is 0. The quantitative estimate of drug-likeness (QED) is 0.445. The van der Waals surface area contributed by atoms with Crippen LogP contribution in [0.2, 0.25) is 0 Å². The third kappa shape index (κ3) is 6.93. The molecule has 0 atom stereocenters. The van der Waals surface area contributed by atoms with Crippen LogP contribution in [0.5, 0.6) is 0 Å². The zero-order valence-electron chi connectivity index (χ0n) is 19.5. The van der Waals surface area contributed by atoms with Crippen LogP contribution in [0.4, 0.5) is 16.2 Å². The van der Waals surface area contributed by atoms with Gasteiger partial charge in [0.25, 0.3) is 5.91 Å². The van der Waals surface area contributed by atoms with E-state index in [2.05, 4.69) is 16.0 Å². The second kappa shape index (κ2) is 12.2. The summed E-state index contributed by atoms with van der Waals surface area (Å²) in [5.41, 5.74) is 3.85. The van der Waals surface area contributed by atoms with Crippen LogP contribution in [0.1, 0.15) is 35.3 Å². The number of nitrogens with one attached hydrogen (secondary N) is 3. The number of benzene rings is 3. The Kier molecular flexibility index (Phi) is 8.80. The first kappa shape index (κ1) is 24.5. The Bertz CT molecular complexity index is 1100. The lowest BCUT2D eigenvalue weighted by Gasteiger charge is -2.21. The number of urea groups is 1. The van der Waals surface area contributed by atoms with E-state index in [0.717, 1.165) is 16.8 Å². The summed E-state index contributed by atoms with van der Waals surface area (Å²) >= 11 is 0. The highest BCUT2D eigenvalue weighted by atomic mass is 16.2. The van der Waals surface area contributed by atoms with E-state index in [9.17, 15) is 14.4 Å². The SMILES string of the molecule is CCNC(=O)c1ccc(CNC(=O)Nc2ccc(CC(=O)N(CC)c3ccccc3)cc2)cc1. The van der Waals surface area contributed by atoms with E-state index in [1.165, 1.54) is 0 Å². The second-order valence-electron chi connectivity index (χ2n) is 7.71. The van der Waals surface area contributed by atoms with Gasteiger partial charge in [-0.1, -0.05) is 42.5 Å². The van der Waals surface area contributed by atoms with E-state index in [1.807, 2.05) is 68.4 Å². The first-order chi connectivity index (χ1) is 16.5. The number of hydrogen-bond donors (Lipinski definition) is 3. The van der Waals surface area contributed by atoms with Crippen molar-refractivity contribution in [3.63, 3.8) is 0 Å². The van der Waals surface area contributed by atoms with E-state index in [-0.39, 0.29) is 24.3 Å². The Morgan fingerprint density at radius 2 is 1.41 bits per heavy atom. The molecule has 3 aromatic rings. The van der Waals surface area contributed by atoms with E-state index < -0.39 is 0 Å². The Labute approximate surface area is 200 Å². The molecular weight excluding hydrogens is 428 g/mol. The minimum absolute atomic E-state index is 0.0188. The fraction of sp³-hybridized carbons (Fsp3) is 0.222. The zero-order chi connectivity index (χ0) is 24.3. The number of likely N-dealkylation sites (N-methyl/N-ethyl adjacent to an activating group) is 1. The van der Waals surface area contributed by atoms with Crippen LogP contribution in [0, 0.1) is 0 Å². The van der Waals surface area contributed by atoms with E-state index >= 15 is 0 Å². The van der Waals surface area contributed by atoms with Gasteiger partial charge in [-0.3, -0.25) is 9.59 Å². The summed E-state index contributed by atoms with van der Waals surface area (Å²) in [6.45, 7) is 5.32. The van der Waals surface area contributed by atoms with Gasteiger partial charge < -0.3 is 20.9 Å². The fourth-order valence-corrected chi connectivity index (χ4v) is 3.48. The highest BCUT2D eigenvalue weighted by Crippen LogP contribution is 2.16. The molecule has 3 rings (SSSR count). The highest BCUT2D eigenvalue weighted by Gasteiger charge is 2.14. The number of hydrogen-bond acceptors (Lipinski definition) is 3. The molecule has 0 aliphatic carbocycles. The normalized spacial score (nSPS) is 10.3. The molecule has 0 aliphatic heterocycles. The van der Waals surface area contributed by atoms with Crippen molar-refractivity contribution in [2.75, 3.05) is 23.3 Å². The van der Waals surface area contributed by atoms with Crippen LogP contribution in [0.15, 0.2) is 78.9 Å². The first-order valence-corrected chi connectivity index (χ1v) is 11.4. The summed E-state index contributed by atoms with van der Waals surface area (Å²) in [6, 6.07) is 23.6. The van der Waals surface area contributed by atoms with Crippen molar-refractivity contribution in [2.45, 2.75) is 26.8 Å². The van der Waals surface area contributed by atoms with E-state index in [1.54, 1.807) is 29.2 Å². The Morgan fingerprint density at radius 1 is 0.765 bits per heavy atom. The van der Waals surface area contributed by atoms with Gasteiger partial charge in [-0.05, 0) is 61.4 Å². The summed E-state index contributed by atoms with van der Waals surface area (Å²) in [5, 5.41) is 8.34. The molecule has 176 valence electrons. The molecule has 4 amide bonds. The molecule has 3 N–H and O–H groups in total. The maximum atomic E-state index is 12.7. The van der Waals surface area contributed by atoms with Crippen LogP contribution in [0.3, 0.4) is 0 Å². The number of nitrogens with zero attached hydrogens (tertiary/aromatic N) is 1. The Balaban J connectivity index is 1.49. The molecule has 0 saturated carbocycles. The number of carbonyl (C=O) groups excluding carboxylic acids is 3. The van der Waals surface area contributed by atoms with Crippen LogP contribution in [0.25, 0.3) is 0 Å². The number of amides is 4. The molecule has 0 heterocycles. The molecule has 34 heavy (non-hydrogen) atoms. The van der Waals surface area contributed by atoms with Gasteiger partial charge in [-0.15, -0.1) is 0 Å². The topological polar surface area (TPSA) is 90.5 Å². The average Bonchev–Trinajstić information content (AvgIpc) is 2.85. The van der Waals surface area contributed by atoms with Gasteiger partial charge in [0.15, 0.2) is 0 Å². The maximum absolute atomic E-state index is 12.7. The fourth-order valence-electron chi connectivity index (χ4n) is 3.48. The standard InChI is InChI=1S/C27H30N4O3/c1-3-28-26(33)22-14-10-21(11-15-22)19-29-27(34)30-23-16-12-20(13-17-23)18-25(32)31(4-2)24-8-6-5-7-9-24/h5-17H,3-4,18-19H2,1-2H3,(H,28,33)(H2,29,30,34). The first-order valence-electron chi connectivity index (χ1n) is 11.4. The minimum Gasteiger partial charge on any atom is -0.352 e. The van der Waals surface area contributed by atoms with Crippen molar-refractivity contribution in [2.24, 2.45) is 0 Å². The summed E-state index contributed by atoms with van der Waals surface area (Å²) in [4.78, 5) is 38.6. The molecule has 0 aliphatic rings. The predicted molar refractivity (Wildman–Crippen MR) is 135 cm³/mol. The van der Waals surface area contributed by atoms with Crippen molar-refractivity contribution < 1.29 is 14.4 Å². The monoisotopic (exact) mass is 458 g/mol. The molecular formula is C27H30N4O3. The average molecular weight is 459 g/mol. The molecule has 0 saturated heterocycles. The predicted octanol–water partition coefficient (Wildman–Crippen LogP) is 4.35. The van der Waals surface area contributed by atoms with Crippen molar-refractivity contribution in [1.82, 2.24) is 10.6 Å². The molecule has 0 fully saturated rings. The highest BCUT2D eigenvalue weighted by molar-refractivity contribution is 5.95. The molecule has 0 radical (unpaired) electrons. The molecule has 0 bridgehead atoms. The second-order valence-corrected chi connectivity index (χ2v) is 7.71. The lowest BCUT2D eigenvalue weighted by molar-refractivity contribution is -0.117. The zero-order valence-corrected chi connectivity index (χ0v) is 19.5. The van der Waals surface area contributed by atoms with Crippen molar-refractivity contribution >= 4 is 29.2 Å². The van der Waals surface area contributed by atoms with Crippen molar-refractivity contribution in [3.05, 3.63) is 95.6 Å². The smallest absolute Gasteiger partial charge is 0.319 e. The number of rotatable bonds is 9. The van der Waals surface area contributed by atoms with Gasteiger partial charge in [-0.2, -0.15) is 0 Å². The largest absolute Gasteiger partial charge is 0.352 e. The summed E-state index contributed by atoms with van der Waals surface area (Å²) in [6.07, 6.45) is 0.279. The number of anilines is 2. The van der Waals surface area contributed by atoms with Crippen molar-refractivity contribution in [3.8, 4) is 0 Å². The van der Waals surface area contributed by atoms with Gasteiger partial charge >= 0.3 is 6.03 Å². The third-order valence-corrected chi connectivity index (χ3v) is 5.26. The number of para-hydroxylation sites is 1. The van der Waals surface area contributed by atoms with Crippen LogP contribution in [-0.2, 0) is 17.8 Å². The summed E-state index contributed by atoms with van der Waals surface area (Å²) in [5.74, 6) is -0.0993. The number of carbonyl (C=O) groups is 3. The molecule has 3 aromatic carbocycles. The third-order valence-electron chi connectivity index (χ3n) is 5.26. The lowest BCUT2D eigenvalue weighted by Crippen LogP contribution is -2.31. The van der Waals surface area contributed by atoms with Gasteiger partial charge in [0, 0.05) is 36.6 Å².